The topological polar surface area (TPSA) is 135 Å². The standard InChI is InChI=1S/C28H36N6O3S/c1-16(2)13-14-31-27(36)24(19-9-11-20(12-10-19)33(5)6)34(21-15-17(3)7-8-18(21)4)28(37)25-22(29)23(26(30)35)32-38-25/h7-12,15-16,24H,13-14,29H2,1-6H3,(H2,30,35)(H,31,36)/t24-/m0/s1. The van der Waals surface area contributed by atoms with Gasteiger partial charge in [0.2, 0.25) is 5.91 Å². The minimum absolute atomic E-state index is 0.0459. The van der Waals surface area contributed by atoms with Crippen molar-refractivity contribution in [3.8, 4) is 0 Å². The van der Waals surface area contributed by atoms with E-state index in [1.165, 1.54) is 4.90 Å². The van der Waals surface area contributed by atoms with Crippen LogP contribution < -0.4 is 26.6 Å². The van der Waals surface area contributed by atoms with E-state index in [1.807, 2.05) is 75.3 Å². The number of primary amides is 1. The van der Waals surface area contributed by atoms with Crippen molar-refractivity contribution in [2.45, 2.75) is 40.2 Å². The number of nitrogens with two attached hydrogens (primary N) is 2. The molecular weight excluding hydrogens is 500 g/mol. The van der Waals surface area contributed by atoms with Crippen LogP contribution in [0.4, 0.5) is 17.1 Å². The SMILES string of the molecule is Cc1ccc(C)c(N(C(=O)c2snc(C(N)=O)c2N)[C@H](C(=O)NCCC(C)C)c2ccc(N(C)C)cc2)c1. The van der Waals surface area contributed by atoms with E-state index < -0.39 is 17.9 Å². The van der Waals surface area contributed by atoms with Gasteiger partial charge >= 0.3 is 0 Å². The Kier molecular flexibility index (Phi) is 9.11. The Hall–Kier alpha value is -3.92. The van der Waals surface area contributed by atoms with Crippen LogP contribution in [0.3, 0.4) is 0 Å². The van der Waals surface area contributed by atoms with Gasteiger partial charge in [-0.3, -0.25) is 19.3 Å². The second kappa shape index (κ2) is 12.1. The maximum absolute atomic E-state index is 14.2. The van der Waals surface area contributed by atoms with E-state index in [0.717, 1.165) is 34.8 Å². The van der Waals surface area contributed by atoms with Gasteiger partial charge in [-0.05, 0) is 72.6 Å². The molecule has 0 aliphatic rings. The second-order valence-corrected chi connectivity index (χ2v) is 10.7. The summed E-state index contributed by atoms with van der Waals surface area (Å²) in [5, 5.41) is 3.02. The monoisotopic (exact) mass is 536 g/mol. The predicted molar refractivity (Wildman–Crippen MR) is 154 cm³/mol. The van der Waals surface area contributed by atoms with Crippen LogP contribution in [-0.2, 0) is 4.79 Å². The largest absolute Gasteiger partial charge is 0.395 e. The summed E-state index contributed by atoms with van der Waals surface area (Å²) in [5.41, 5.74) is 15.2. The van der Waals surface area contributed by atoms with Crippen LogP contribution in [-0.4, -0.2) is 42.7 Å². The highest BCUT2D eigenvalue weighted by atomic mass is 32.1. The molecule has 9 nitrogen and oxygen atoms in total. The number of hydrogen-bond donors (Lipinski definition) is 3. The van der Waals surface area contributed by atoms with Gasteiger partial charge in [0.25, 0.3) is 11.8 Å². The van der Waals surface area contributed by atoms with E-state index in [9.17, 15) is 14.4 Å². The van der Waals surface area contributed by atoms with Gasteiger partial charge < -0.3 is 21.7 Å². The lowest BCUT2D eigenvalue weighted by atomic mass is 10.00. The van der Waals surface area contributed by atoms with Crippen LogP contribution in [0.1, 0.15) is 63.2 Å². The molecule has 0 radical (unpaired) electrons. The first kappa shape index (κ1) is 28.6. The lowest BCUT2D eigenvalue weighted by molar-refractivity contribution is -0.122. The van der Waals surface area contributed by atoms with E-state index in [2.05, 4.69) is 23.5 Å². The minimum atomic E-state index is -1.01. The Labute approximate surface area is 228 Å². The molecule has 38 heavy (non-hydrogen) atoms. The fourth-order valence-electron chi connectivity index (χ4n) is 4.04. The number of nitrogen functional groups attached to an aromatic ring is 1. The van der Waals surface area contributed by atoms with Gasteiger partial charge in [0, 0.05) is 32.0 Å². The summed E-state index contributed by atoms with van der Waals surface area (Å²) < 4.78 is 4.02. The van der Waals surface area contributed by atoms with Crippen LogP contribution in [0, 0.1) is 19.8 Å². The second-order valence-electron chi connectivity index (χ2n) is 9.97. The first-order valence-corrected chi connectivity index (χ1v) is 13.2. The molecule has 3 aromatic rings. The summed E-state index contributed by atoms with van der Waals surface area (Å²) in [6, 6.07) is 12.2. The maximum atomic E-state index is 14.2. The van der Waals surface area contributed by atoms with Crippen LogP contribution in [0.25, 0.3) is 0 Å². The van der Waals surface area contributed by atoms with E-state index in [4.69, 9.17) is 11.5 Å². The summed E-state index contributed by atoms with van der Waals surface area (Å²) >= 11 is 0.793. The molecule has 0 spiro atoms. The van der Waals surface area contributed by atoms with E-state index >= 15 is 0 Å². The van der Waals surface area contributed by atoms with Crippen LogP contribution in [0.15, 0.2) is 42.5 Å². The van der Waals surface area contributed by atoms with Crippen molar-refractivity contribution in [2.75, 3.05) is 36.2 Å². The van der Waals surface area contributed by atoms with Crippen molar-refractivity contribution in [1.29, 1.82) is 0 Å². The van der Waals surface area contributed by atoms with Crippen molar-refractivity contribution in [1.82, 2.24) is 9.69 Å². The van der Waals surface area contributed by atoms with Crippen molar-refractivity contribution >= 4 is 46.3 Å². The lowest BCUT2D eigenvalue weighted by Crippen LogP contribution is -2.44. The first-order chi connectivity index (χ1) is 17.9. The number of carbonyl (C=O) groups excluding carboxylic acids is 3. The Bertz CT molecular complexity index is 1320. The zero-order valence-corrected chi connectivity index (χ0v) is 23.6. The first-order valence-electron chi connectivity index (χ1n) is 12.4. The smallest absolute Gasteiger partial charge is 0.273 e. The molecule has 202 valence electrons. The molecule has 1 aromatic heterocycles. The number of benzene rings is 2. The van der Waals surface area contributed by atoms with Crippen LogP contribution in [0.2, 0.25) is 0 Å². The molecule has 3 rings (SSSR count). The fraction of sp³-hybridized carbons (Fsp3) is 0.357. The highest BCUT2D eigenvalue weighted by Gasteiger charge is 2.36. The van der Waals surface area contributed by atoms with Gasteiger partial charge in [-0.15, -0.1) is 0 Å². The Balaban J connectivity index is 2.22. The number of aromatic nitrogens is 1. The van der Waals surface area contributed by atoms with Gasteiger partial charge in [-0.2, -0.15) is 4.37 Å². The third-order valence-electron chi connectivity index (χ3n) is 6.25. The van der Waals surface area contributed by atoms with Crippen LogP contribution >= 0.6 is 11.5 Å². The van der Waals surface area contributed by atoms with Gasteiger partial charge in [0.05, 0.1) is 5.69 Å². The number of carbonyl (C=O) groups is 3. The number of rotatable bonds is 10. The zero-order valence-electron chi connectivity index (χ0n) is 22.7. The molecule has 0 bridgehead atoms. The molecule has 0 unspecified atom stereocenters. The lowest BCUT2D eigenvalue weighted by Gasteiger charge is -2.33. The van der Waals surface area contributed by atoms with Crippen molar-refractivity contribution < 1.29 is 14.4 Å². The highest BCUT2D eigenvalue weighted by Crippen LogP contribution is 2.35. The summed E-state index contributed by atoms with van der Waals surface area (Å²) in [6.07, 6.45) is 0.791. The quantitative estimate of drug-likeness (QED) is 0.358. The zero-order chi connectivity index (χ0) is 28.1. The van der Waals surface area contributed by atoms with Gasteiger partial charge in [-0.1, -0.05) is 38.1 Å². The van der Waals surface area contributed by atoms with Crippen molar-refractivity contribution in [3.05, 3.63) is 69.7 Å². The Morgan fingerprint density at radius 1 is 1.05 bits per heavy atom. The van der Waals surface area contributed by atoms with E-state index in [-0.39, 0.29) is 22.2 Å². The summed E-state index contributed by atoms with van der Waals surface area (Å²) in [6.45, 7) is 8.42. The number of hydrogen-bond acceptors (Lipinski definition) is 7. The van der Waals surface area contributed by atoms with Gasteiger partial charge in [0.15, 0.2) is 5.69 Å². The molecule has 1 atom stereocenters. The molecule has 10 heteroatoms. The van der Waals surface area contributed by atoms with Gasteiger partial charge in [-0.25, -0.2) is 0 Å². The molecule has 5 N–H and O–H groups in total. The number of nitrogens with zero attached hydrogens (tertiary/aromatic N) is 3. The van der Waals surface area contributed by atoms with Crippen LogP contribution in [0.5, 0.6) is 0 Å². The molecule has 0 saturated heterocycles. The average Bonchev–Trinajstić information content (AvgIpc) is 3.25. The molecule has 0 aliphatic heterocycles. The average molecular weight is 537 g/mol. The predicted octanol–water partition coefficient (Wildman–Crippen LogP) is 4.06. The normalized spacial score (nSPS) is 11.8. The molecule has 1 heterocycles. The fourth-order valence-corrected chi connectivity index (χ4v) is 4.78. The third-order valence-corrected chi connectivity index (χ3v) is 7.10. The molecule has 2 aromatic carbocycles. The maximum Gasteiger partial charge on any atom is 0.273 e. The number of amides is 3. The molecular formula is C28H36N6O3S. The molecule has 0 fully saturated rings. The summed E-state index contributed by atoms with van der Waals surface area (Å²) in [7, 11) is 3.86. The number of anilines is 3. The molecule has 0 aliphatic carbocycles. The Morgan fingerprint density at radius 3 is 2.26 bits per heavy atom. The highest BCUT2D eigenvalue weighted by molar-refractivity contribution is 7.09. The summed E-state index contributed by atoms with van der Waals surface area (Å²) in [5.74, 6) is -1.29. The Morgan fingerprint density at radius 2 is 1.71 bits per heavy atom. The van der Waals surface area contributed by atoms with E-state index in [1.54, 1.807) is 0 Å². The van der Waals surface area contributed by atoms with E-state index in [0.29, 0.717) is 23.7 Å². The number of nitrogens with one attached hydrogen (secondary N) is 1. The minimum Gasteiger partial charge on any atom is -0.395 e. The van der Waals surface area contributed by atoms with Crippen molar-refractivity contribution in [3.63, 3.8) is 0 Å². The number of aryl methyl sites for hydroxylation is 2. The molecule has 0 saturated carbocycles. The third kappa shape index (κ3) is 6.31. The summed E-state index contributed by atoms with van der Waals surface area (Å²) in [4.78, 5) is 43.3. The van der Waals surface area contributed by atoms with Crippen molar-refractivity contribution in [2.24, 2.45) is 11.7 Å². The van der Waals surface area contributed by atoms with Gasteiger partial charge in [0.1, 0.15) is 10.9 Å². The molecule has 3 amide bonds.